The number of nitrogens with one attached hydrogen (secondary N) is 2. The van der Waals surface area contributed by atoms with Crippen LogP contribution in [0.2, 0.25) is 0 Å². The first kappa shape index (κ1) is 20.9. The van der Waals surface area contributed by atoms with Crippen molar-refractivity contribution in [1.82, 2.24) is 20.0 Å². The number of nitrogens with zero attached hydrogens (tertiary/aromatic N) is 5. The maximum absolute atomic E-state index is 5.20. The number of pyridine rings is 2. The molecule has 0 saturated carbocycles. The minimum Gasteiger partial charge on any atom is -0.353 e. The molecule has 2 aliphatic rings. The Morgan fingerprint density at radius 2 is 1.84 bits per heavy atom. The number of aromatic nitrogens is 3. The smallest absolute Gasteiger partial charge is 0.151 e. The van der Waals surface area contributed by atoms with Crippen molar-refractivity contribution in [3.05, 3.63) is 40.5 Å². The van der Waals surface area contributed by atoms with Gasteiger partial charge in [0.25, 0.3) is 0 Å². The number of hydrogen-bond acceptors (Lipinski definition) is 5. The average Bonchev–Trinajstić information content (AvgIpc) is 3.33. The Balaban J connectivity index is 1.67. The Kier molecular flexibility index (Phi) is 5.16. The molecular formula is C25H33N7. The van der Waals surface area contributed by atoms with Crippen LogP contribution < -0.4 is 15.7 Å². The molecule has 2 aliphatic heterocycles. The van der Waals surface area contributed by atoms with E-state index in [1.54, 1.807) is 11.7 Å². The van der Waals surface area contributed by atoms with E-state index in [1.807, 2.05) is 6.20 Å². The highest BCUT2D eigenvalue weighted by Crippen LogP contribution is 2.37. The summed E-state index contributed by atoms with van der Waals surface area (Å²) in [5, 5.41) is 7.90. The predicted octanol–water partition coefficient (Wildman–Crippen LogP) is 3.71. The minimum absolute atomic E-state index is 0.320. The second-order valence-corrected chi connectivity index (χ2v) is 9.50. The predicted molar refractivity (Wildman–Crippen MR) is 132 cm³/mol. The Hall–Kier alpha value is -2.93. The van der Waals surface area contributed by atoms with Gasteiger partial charge in [0, 0.05) is 56.3 Å². The van der Waals surface area contributed by atoms with Gasteiger partial charge in [0.1, 0.15) is 5.82 Å². The van der Waals surface area contributed by atoms with Gasteiger partial charge in [0.05, 0.1) is 16.7 Å². The van der Waals surface area contributed by atoms with E-state index in [9.17, 15) is 0 Å². The highest BCUT2D eigenvalue weighted by atomic mass is 15.3. The molecule has 2 atom stereocenters. The summed E-state index contributed by atoms with van der Waals surface area (Å²) in [6.45, 7) is 14.5. The molecule has 5 heterocycles. The van der Waals surface area contributed by atoms with Crippen molar-refractivity contribution in [3.8, 4) is 11.3 Å². The van der Waals surface area contributed by atoms with Gasteiger partial charge in [0.15, 0.2) is 5.49 Å². The molecule has 7 heteroatoms. The van der Waals surface area contributed by atoms with Crippen molar-refractivity contribution in [3.63, 3.8) is 0 Å². The van der Waals surface area contributed by atoms with Gasteiger partial charge < -0.3 is 15.2 Å². The highest BCUT2D eigenvalue weighted by Gasteiger charge is 2.33. The summed E-state index contributed by atoms with van der Waals surface area (Å²) >= 11 is 0. The molecule has 3 aromatic heterocycles. The molecule has 3 aromatic rings. The fourth-order valence-electron chi connectivity index (χ4n) is 5.46. The normalized spacial score (nSPS) is 21.2. The molecule has 5 rings (SSSR count). The zero-order valence-electron chi connectivity index (χ0n) is 19.7. The second-order valence-electron chi connectivity index (χ2n) is 9.50. The standard InChI is InChI=1S/C25H33N7/c1-14(2)22-23(19-13-32(27-6)25(26-5)16(4)15(19)3)29-20-9-10-21(30-24(20)22)31-11-17-7-8-18(12-31)28-17/h9-10,13-14,17-18,28-29H,6-8,11-12H2,1-5H3/b26-25-. The maximum Gasteiger partial charge on any atom is 0.151 e. The van der Waals surface area contributed by atoms with Crippen LogP contribution in [0.4, 0.5) is 5.82 Å². The van der Waals surface area contributed by atoms with Crippen molar-refractivity contribution in [2.24, 2.45) is 10.1 Å². The number of piperazine rings is 1. The molecule has 2 N–H and O–H groups in total. The summed E-state index contributed by atoms with van der Waals surface area (Å²) in [6, 6.07) is 5.54. The van der Waals surface area contributed by atoms with Gasteiger partial charge in [0.2, 0.25) is 0 Å². The van der Waals surface area contributed by atoms with Gasteiger partial charge in [-0.2, -0.15) is 5.10 Å². The zero-order chi connectivity index (χ0) is 22.6. The lowest BCUT2D eigenvalue weighted by Crippen LogP contribution is -2.51. The number of fused-ring (bicyclic) bond motifs is 3. The minimum atomic E-state index is 0.320. The first-order chi connectivity index (χ1) is 15.4. The molecule has 0 aliphatic carbocycles. The quantitative estimate of drug-likeness (QED) is 0.619. The van der Waals surface area contributed by atoms with Gasteiger partial charge in [-0.3, -0.25) is 4.99 Å². The molecule has 0 aromatic carbocycles. The number of aromatic amines is 1. The third-order valence-electron chi connectivity index (χ3n) is 7.19. The van der Waals surface area contributed by atoms with E-state index in [2.05, 4.69) is 71.8 Å². The first-order valence-corrected chi connectivity index (χ1v) is 11.6. The molecule has 2 bridgehead atoms. The molecule has 168 valence electrons. The largest absolute Gasteiger partial charge is 0.353 e. The van der Waals surface area contributed by atoms with E-state index < -0.39 is 0 Å². The summed E-state index contributed by atoms with van der Waals surface area (Å²) in [5.74, 6) is 1.40. The summed E-state index contributed by atoms with van der Waals surface area (Å²) in [7, 11) is 1.79. The fourth-order valence-corrected chi connectivity index (χ4v) is 5.46. The summed E-state index contributed by atoms with van der Waals surface area (Å²) < 4.78 is 1.77. The molecule has 32 heavy (non-hydrogen) atoms. The van der Waals surface area contributed by atoms with Crippen molar-refractivity contribution < 1.29 is 0 Å². The molecule has 2 saturated heterocycles. The number of anilines is 1. The topological polar surface area (TPSA) is 73.6 Å². The zero-order valence-corrected chi connectivity index (χ0v) is 19.7. The Labute approximate surface area is 189 Å². The van der Waals surface area contributed by atoms with Crippen molar-refractivity contribution in [2.75, 3.05) is 25.0 Å². The van der Waals surface area contributed by atoms with E-state index in [0.717, 1.165) is 52.2 Å². The molecule has 0 amide bonds. The van der Waals surface area contributed by atoms with Gasteiger partial charge in [-0.1, -0.05) is 13.8 Å². The van der Waals surface area contributed by atoms with Gasteiger partial charge in [-0.25, -0.2) is 9.66 Å². The van der Waals surface area contributed by atoms with Gasteiger partial charge in [-0.15, -0.1) is 0 Å². The van der Waals surface area contributed by atoms with Crippen LogP contribution >= 0.6 is 0 Å². The molecule has 0 spiro atoms. The van der Waals surface area contributed by atoms with Crippen LogP contribution in [0, 0.1) is 13.8 Å². The van der Waals surface area contributed by atoms with Crippen molar-refractivity contribution >= 4 is 23.6 Å². The second kappa shape index (κ2) is 7.89. The summed E-state index contributed by atoms with van der Waals surface area (Å²) in [5.41, 5.74) is 8.75. The van der Waals surface area contributed by atoms with E-state index in [4.69, 9.17) is 4.98 Å². The molecular weight excluding hydrogens is 398 g/mol. The summed E-state index contributed by atoms with van der Waals surface area (Å²) in [6.07, 6.45) is 4.57. The van der Waals surface area contributed by atoms with Crippen LogP contribution in [0.5, 0.6) is 0 Å². The van der Waals surface area contributed by atoms with Gasteiger partial charge in [-0.05, 0) is 55.9 Å². The number of rotatable bonds is 4. The SMILES string of the molecule is C=Nn1cc(-c2[nH]c3ccc(N4CC5CCC(C4)N5)nc3c2C(C)C)c(C)c(C)/c1=N/C. The van der Waals surface area contributed by atoms with E-state index in [-0.39, 0.29) is 0 Å². The Bertz CT molecular complexity index is 1250. The molecule has 2 fully saturated rings. The van der Waals surface area contributed by atoms with Crippen molar-refractivity contribution in [1.29, 1.82) is 0 Å². The van der Waals surface area contributed by atoms with E-state index in [0.29, 0.717) is 18.0 Å². The molecule has 2 unspecified atom stereocenters. The summed E-state index contributed by atoms with van der Waals surface area (Å²) in [4.78, 5) is 15.7. The maximum atomic E-state index is 5.20. The lowest BCUT2D eigenvalue weighted by Gasteiger charge is -2.33. The van der Waals surface area contributed by atoms with Crippen LogP contribution in [0.1, 0.15) is 49.3 Å². The lowest BCUT2D eigenvalue weighted by atomic mass is 9.95. The highest BCUT2D eigenvalue weighted by molar-refractivity contribution is 5.90. The number of H-pyrrole nitrogens is 1. The Morgan fingerprint density at radius 3 is 2.47 bits per heavy atom. The van der Waals surface area contributed by atoms with Crippen molar-refractivity contribution in [2.45, 2.75) is 58.5 Å². The van der Waals surface area contributed by atoms with E-state index in [1.165, 1.54) is 24.0 Å². The average molecular weight is 432 g/mol. The third kappa shape index (κ3) is 3.26. The van der Waals surface area contributed by atoms with Crippen LogP contribution in [0.15, 0.2) is 28.4 Å². The molecule has 7 nitrogen and oxygen atoms in total. The van der Waals surface area contributed by atoms with Crippen LogP contribution in [-0.4, -0.2) is 53.6 Å². The Morgan fingerprint density at radius 1 is 1.12 bits per heavy atom. The molecule has 0 radical (unpaired) electrons. The monoisotopic (exact) mass is 431 g/mol. The fraction of sp³-hybridized carbons (Fsp3) is 0.480. The first-order valence-electron chi connectivity index (χ1n) is 11.6. The van der Waals surface area contributed by atoms with Crippen LogP contribution in [-0.2, 0) is 0 Å². The lowest BCUT2D eigenvalue weighted by molar-refractivity contribution is 0.464. The van der Waals surface area contributed by atoms with Gasteiger partial charge >= 0.3 is 0 Å². The third-order valence-corrected chi connectivity index (χ3v) is 7.19. The van der Waals surface area contributed by atoms with Crippen LogP contribution in [0.25, 0.3) is 22.3 Å². The van der Waals surface area contributed by atoms with E-state index >= 15 is 0 Å². The number of hydrogen-bond donors (Lipinski definition) is 2. The van der Waals surface area contributed by atoms with Crippen LogP contribution in [0.3, 0.4) is 0 Å².